The van der Waals surface area contributed by atoms with Crippen molar-refractivity contribution in [1.82, 2.24) is 4.90 Å². The van der Waals surface area contributed by atoms with E-state index in [2.05, 4.69) is 71.6 Å². The maximum atomic E-state index is 5.49. The molecule has 0 N–H and O–H groups in total. The quantitative estimate of drug-likeness (QED) is 0.749. The zero-order chi connectivity index (χ0) is 17.1. The maximum Gasteiger partial charge on any atom is 0.119 e. The summed E-state index contributed by atoms with van der Waals surface area (Å²) in [5, 5.41) is 0. The van der Waals surface area contributed by atoms with Crippen LogP contribution in [0.3, 0.4) is 0 Å². The lowest BCUT2D eigenvalue weighted by Gasteiger charge is -2.37. The van der Waals surface area contributed by atoms with Gasteiger partial charge >= 0.3 is 0 Å². The van der Waals surface area contributed by atoms with E-state index in [1.54, 1.807) is 7.11 Å². The van der Waals surface area contributed by atoms with Crippen molar-refractivity contribution in [3.8, 4) is 5.75 Å². The number of methoxy groups -OCH3 is 1. The predicted octanol–water partition coefficient (Wildman–Crippen LogP) is 4.46. The fourth-order valence-electron chi connectivity index (χ4n) is 4.64. The number of rotatable bonds is 5. The first-order chi connectivity index (χ1) is 12.3. The van der Waals surface area contributed by atoms with E-state index < -0.39 is 0 Å². The standard InChI is InChI=1S/C23H27NO/c1-25-22-12-7-11-20(16-22)23-14-6-5-10-21(23)17-24(18-23)15-13-19-8-3-2-4-9-19/h2-9,11-12,16,21H,10,13-15,17-18H2,1H3/t21-,23+/m0/s1. The monoisotopic (exact) mass is 333 g/mol. The van der Waals surface area contributed by atoms with Crippen LogP contribution in [0.2, 0.25) is 0 Å². The Balaban J connectivity index is 1.54. The Morgan fingerprint density at radius 3 is 2.80 bits per heavy atom. The van der Waals surface area contributed by atoms with E-state index in [-0.39, 0.29) is 5.41 Å². The van der Waals surface area contributed by atoms with Gasteiger partial charge in [-0.15, -0.1) is 0 Å². The van der Waals surface area contributed by atoms with Gasteiger partial charge in [-0.05, 0) is 48.4 Å². The van der Waals surface area contributed by atoms with Crippen LogP contribution >= 0.6 is 0 Å². The average Bonchev–Trinajstić information content (AvgIpc) is 3.07. The predicted molar refractivity (Wildman–Crippen MR) is 103 cm³/mol. The Bertz CT molecular complexity index is 739. The lowest BCUT2D eigenvalue weighted by Crippen LogP contribution is -2.36. The Morgan fingerprint density at radius 2 is 1.96 bits per heavy atom. The summed E-state index contributed by atoms with van der Waals surface area (Å²) in [7, 11) is 1.76. The second kappa shape index (κ2) is 7.05. The first kappa shape index (κ1) is 16.4. The molecule has 0 spiro atoms. The van der Waals surface area contributed by atoms with Crippen LogP contribution in [-0.2, 0) is 11.8 Å². The van der Waals surface area contributed by atoms with Crippen LogP contribution in [0.15, 0.2) is 66.7 Å². The second-order valence-electron chi connectivity index (χ2n) is 7.47. The zero-order valence-electron chi connectivity index (χ0n) is 15.0. The molecule has 2 atom stereocenters. The highest BCUT2D eigenvalue weighted by atomic mass is 16.5. The molecule has 1 heterocycles. The van der Waals surface area contributed by atoms with E-state index in [1.807, 2.05) is 0 Å². The van der Waals surface area contributed by atoms with Gasteiger partial charge < -0.3 is 9.64 Å². The van der Waals surface area contributed by atoms with Crippen molar-refractivity contribution in [3.63, 3.8) is 0 Å². The van der Waals surface area contributed by atoms with E-state index >= 15 is 0 Å². The molecule has 1 aliphatic carbocycles. The molecule has 0 radical (unpaired) electrons. The molecule has 0 aromatic heterocycles. The van der Waals surface area contributed by atoms with Crippen molar-refractivity contribution in [2.24, 2.45) is 5.92 Å². The van der Waals surface area contributed by atoms with Crippen LogP contribution in [0.5, 0.6) is 5.75 Å². The smallest absolute Gasteiger partial charge is 0.119 e. The van der Waals surface area contributed by atoms with E-state index in [1.165, 1.54) is 24.1 Å². The molecule has 2 aromatic carbocycles. The molecule has 25 heavy (non-hydrogen) atoms. The molecule has 4 rings (SSSR count). The molecular formula is C23H27NO. The third-order valence-electron chi connectivity index (χ3n) is 6.04. The Hall–Kier alpha value is -2.06. The zero-order valence-corrected chi connectivity index (χ0v) is 15.0. The number of nitrogens with zero attached hydrogens (tertiary/aromatic N) is 1. The number of hydrogen-bond acceptors (Lipinski definition) is 2. The molecule has 2 aromatic rings. The molecule has 1 aliphatic heterocycles. The van der Waals surface area contributed by atoms with Gasteiger partial charge in [-0.25, -0.2) is 0 Å². The first-order valence-corrected chi connectivity index (χ1v) is 9.36. The van der Waals surface area contributed by atoms with Crippen LogP contribution in [0.1, 0.15) is 24.0 Å². The van der Waals surface area contributed by atoms with E-state index in [4.69, 9.17) is 4.74 Å². The molecule has 2 aliphatic rings. The minimum atomic E-state index is 0.250. The van der Waals surface area contributed by atoms with Gasteiger partial charge in [0.2, 0.25) is 0 Å². The molecule has 0 unspecified atom stereocenters. The summed E-state index contributed by atoms with van der Waals surface area (Å²) in [4.78, 5) is 2.67. The van der Waals surface area contributed by atoms with Gasteiger partial charge in [-0.1, -0.05) is 54.6 Å². The van der Waals surface area contributed by atoms with Gasteiger partial charge in [0.15, 0.2) is 0 Å². The fourth-order valence-corrected chi connectivity index (χ4v) is 4.64. The minimum Gasteiger partial charge on any atom is -0.497 e. The fraction of sp³-hybridized carbons (Fsp3) is 0.391. The van der Waals surface area contributed by atoms with E-state index in [0.29, 0.717) is 5.92 Å². The Kier molecular flexibility index (Phi) is 4.63. The number of allylic oxidation sites excluding steroid dienone is 2. The Morgan fingerprint density at radius 1 is 1.08 bits per heavy atom. The third-order valence-corrected chi connectivity index (χ3v) is 6.04. The van der Waals surface area contributed by atoms with Crippen molar-refractivity contribution in [1.29, 1.82) is 0 Å². The van der Waals surface area contributed by atoms with Crippen LogP contribution in [0, 0.1) is 5.92 Å². The summed E-state index contributed by atoms with van der Waals surface area (Å²) in [6.07, 6.45) is 8.24. The SMILES string of the molecule is COc1cccc([C@]23CC=CC[C@H]2CN(CCc2ccccc2)C3)c1. The van der Waals surface area contributed by atoms with Crippen LogP contribution in [0.25, 0.3) is 0 Å². The van der Waals surface area contributed by atoms with Crippen molar-refractivity contribution >= 4 is 0 Å². The number of benzene rings is 2. The van der Waals surface area contributed by atoms with Gasteiger partial charge in [0.1, 0.15) is 5.75 Å². The summed E-state index contributed by atoms with van der Waals surface area (Å²) in [5.41, 5.74) is 3.13. The minimum absolute atomic E-state index is 0.250. The molecular weight excluding hydrogens is 306 g/mol. The molecule has 0 amide bonds. The highest BCUT2D eigenvalue weighted by Gasteiger charge is 2.47. The van der Waals surface area contributed by atoms with Crippen molar-refractivity contribution in [2.45, 2.75) is 24.7 Å². The molecule has 0 saturated carbocycles. The summed E-state index contributed by atoms with van der Waals surface area (Å²) in [5.74, 6) is 1.68. The van der Waals surface area contributed by atoms with Gasteiger partial charge in [0, 0.05) is 25.0 Å². The summed E-state index contributed by atoms with van der Waals surface area (Å²) < 4.78 is 5.49. The number of fused-ring (bicyclic) bond motifs is 1. The molecule has 1 saturated heterocycles. The van der Waals surface area contributed by atoms with E-state index in [0.717, 1.165) is 31.7 Å². The van der Waals surface area contributed by atoms with Crippen LogP contribution in [0.4, 0.5) is 0 Å². The summed E-state index contributed by atoms with van der Waals surface area (Å²) >= 11 is 0. The summed E-state index contributed by atoms with van der Waals surface area (Å²) in [6, 6.07) is 19.6. The normalized spacial score (nSPS) is 25.7. The first-order valence-electron chi connectivity index (χ1n) is 9.36. The van der Waals surface area contributed by atoms with Crippen LogP contribution < -0.4 is 4.74 Å². The third kappa shape index (κ3) is 3.23. The Labute approximate surface area is 151 Å². The van der Waals surface area contributed by atoms with Gasteiger partial charge in [-0.2, -0.15) is 0 Å². The highest BCUT2D eigenvalue weighted by molar-refractivity contribution is 5.38. The lowest BCUT2D eigenvalue weighted by atomic mass is 9.67. The number of ether oxygens (including phenoxy) is 1. The average molecular weight is 333 g/mol. The summed E-state index contributed by atoms with van der Waals surface area (Å²) in [6.45, 7) is 3.50. The maximum absolute atomic E-state index is 5.49. The topological polar surface area (TPSA) is 12.5 Å². The van der Waals surface area contributed by atoms with Gasteiger partial charge in [0.05, 0.1) is 7.11 Å². The molecule has 130 valence electrons. The van der Waals surface area contributed by atoms with Crippen LogP contribution in [-0.4, -0.2) is 31.6 Å². The van der Waals surface area contributed by atoms with Crippen molar-refractivity contribution < 1.29 is 4.74 Å². The molecule has 0 bridgehead atoms. The molecule has 1 fully saturated rings. The highest BCUT2D eigenvalue weighted by Crippen LogP contribution is 2.47. The van der Waals surface area contributed by atoms with Crippen molar-refractivity contribution in [2.75, 3.05) is 26.7 Å². The van der Waals surface area contributed by atoms with Crippen molar-refractivity contribution in [3.05, 3.63) is 77.9 Å². The number of hydrogen-bond donors (Lipinski definition) is 0. The molecule has 2 heteroatoms. The van der Waals surface area contributed by atoms with Gasteiger partial charge in [0.25, 0.3) is 0 Å². The number of likely N-dealkylation sites (tertiary alicyclic amines) is 1. The second-order valence-corrected chi connectivity index (χ2v) is 7.47. The van der Waals surface area contributed by atoms with Gasteiger partial charge in [-0.3, -0.25) is 0 Å². The van der Waals surface area contributed by atoms with E-state index in [9.17, 15) is 0 Å². The largest absolute Gasteiger partial charge is 0.497 e. The molecule has 2 nitrogen and oxygen atoms in total. The lowest BCUT2D eigenvalue weighted by molar-refractivity contribution is 0.308.